The van der Waals surface area contributed by atoms with Crippen LogP contribution in [0.1, 0.15) is 38.7 Å². The van der Waals surface area contributed by atoms with Gasteiger partial charge in [-0.3, -0.25) is 10.1 Å². The molecule has 0 atom stereocenters. The monoisotopic (exact) mass is 235 g/mol. The molecule has 0 spiro atoms. The molecule has 92 valence electrons. The summed E-state index contributed by atoms with van der Waals surface area (Å²) in [7, 11) is 0. The van der Waals surface area contributed by atoms with Gasteiger partial charge in [0.2, 0.25) is 0 Å². The fourth-order valence-corrected chi connectivity index (χ4v) is 2.46. The third kappa shape index (κ3) is 1.99. The fourth-order valence-electron chi connectivity index (χ4n) is 2.46. The second-order valence-electron chi connectivity index (χ2n) is 4.50. The van der Waals surface area contributed by atoms with Crippen LogP contribution in [0.5, 0.6) is 5.75 Å². The normalized spacial score (nSPS) is 17.1. The van der Waals surface area contributed by atoms with Crippen LogP contribution >= 0.6 is 0 Å². The Bertz CT molecular complexity index is 438. The van der Waals surface area contributed by atoms with E-state index in [1.165, 1.54) is 0 Å². The first kappa shape index (κ1) is 11.9. The van der Waals surface area contributed by atoms with Crippen LogP contribution in [0, 0.1) is 10.1 Å². The van der Waals surface area contributed by atoms with Gasteiger partial charge in [0.15, 0.2) is 0 Å². The highest BCUT2D eigenvalue weighted by molar-refractivity contribution is 5.50. The van der Waals surface area contributed by atoms with Crippen molar-refractivity contribution in [3.8, 4) is 5.75 Å². The van der Waals surface area contributed by atoms with Gasteiger partial charge in [-0.05, 0) is 31.7 Å². The van der Waals surface area contributed by atoms with Crippen LogP contribution in [0.3, 0.4) is 0 Å². The Morgan fingerprint density at radius 2 is 2.12 bits per heavy atom. The zero-order chi connectivity index (χ0) is 12.5. The lowest BCUT2D eigenvalue weighted by atomic mass is 9.86. The maximum Gasteiger partial charge on any atom is 0.276 e. The number of hydrogen-bond donors (Lipinski definition) is 0. The molecule has 0 N–H and O–H groups in total. The van der Waals surface area contributed by atoms with E-state index < -0.39 is 0 Å². The molecule has 0 aromatic heterocycles. The Balaban J connectivity index is 2.40. The highest BCUT2D eigenvalue weighted by Crippen LogP contribution is 2.40. The van der Waals surface area contributed by atoms with Gasteiger partial charge in [0.25, 0.3) is 5.69 Å². The van der Waals surface area contributed by atoms with Gasteiger partial charge in [0, 0.05) is 6.07 Å². The Morgan fingerprint density at radius 3 is 2.71 bits per heavy atom. The molecule has 1 aromatic carbocycles. The van der Waals surface area contributed by atoms with Crippen LogP contribution < -0.4 is 4.74 Å². The van der Waals surface area contributed by atoms with E-state index in [0.717, 1.165) is 31.2 Å². The molecule has 0 saturated carbocycles. The molecule has 4 nitrogen and oxygen atoms in total. The number of hydrogen-bond acceptors (Lipinski definition) is 3. The first-order chi connectivity index (χ1) is 8.12. The van der Waals surface area contributed by atoms with Gasteiger partial charge in [-0.2, -0.15) is 0 Å². The van der Waals surface area contributed by atoms with E-state index in [9.17, 15) is 10.1 Å². The van der Waals surface area contributed by atoms with Crippen molar-refractivity contribution in [3.05, 3.63) is 33.9 Å². The van der Waals surface area contributed by atoms with Gasteiger partial charge in [-0.1, -0.05) is 19.9 Å². The number of nitro benzene ring substituents is 1. The maximum absolute atomic E-state index is 10.9. The second kappa shape index (κ2) is 4.35. The summed E-state index contributed by atoms with van der Waals surface area (Å²) in [4.78, 5) is 10.6. The van der Waals surface area contributed by atoms with Gasteiger partial charge in [0.1, 0.15) is 11.4 Å². The second-order valence-corrected chi connectivity index (χ2v) is 4.50. The summed E-state index contributed by atoms with van der Waals surface area (Å²) in [6, 6.07) is 5.08. The zero-order valence-electron chi connectivity index (χ0n) is 10.2. The molecule has 4 heteroatoms. The summed E-state index contributed by atoms with van der Waals surface area (Å²) in [6.07, 6.45) is 3.46. The Hall–Kier alpha value is -1.58. The molecule has 0 saturated heterocycles. The fraction of sp³-hybridized carbons (Fsp3) is 0.538. The molecule has 0 bridgehead atoms. The van der Waals surface area contributed by atoms with Crippen molar-refractivity contribution in [3.63, 3.8) is 0 Å². The van der Waals surface area contributed by atoms with E-state index in [4.69, 9.17) is 4.74 Å². The minimum atomic E-state index is -0.326. The lowest BCUT2D eigenvalue weighted by molar-refractivity contribution is -0.385. The SMILES string of the molecule is CCC1(CC)CCc2c(cccc2[N+](=O)[O-])O1. The number of fused-ring (bicyclic) bond motifs is 1. The average Bonchev–Trinajstić information content (AvgIpc) is 2.37. The van der Waals surface area contributed by atoms with Crippen LogP contribution in [0.2, 0.25) is 0 Å². The summed E-state index contributed by atoms with van der Waals surface area (Å²) in [5.41, 5.74) is 0.792. The Morgan fingerprint density at radius 1 is 1.41 bits per heavy atom. The van der Waals surface area contributed by atoms with Gasteiger partial charge in [-0.25, -0.2) is 0 Å². The number of rotatable bonds is 3. The minimum absolute atomic E-state index is 0.137. The molecular weight excluding hydrogens is 218 g/mol. The summed E-state index contributed by atoms with van der Waals surface area (Å²) in [6.45, 7) is 4.21. The van der Waals surface area contributed by atoms with Crippen LogP contribution in [0.25, 0.3) is 0 Å². The molecular formula is C13H17NO3. The van der Waals surface area contributed by atoms with Crippen molar-refractivity contribution in [1.29, 1.82) is 0 Å². The van der Waals surface area contributed by atoms with E-state index in [-0.39, 0.29) is 16.2 Å². The van der Waals surface area contributed by atoms with Gasteiger partial charge < -0.3 is 4.74 Å². The first-order valence-corrected chi connectivity index (χ1v) is 6.07. The molecule has 1 aliphatic rings. The highest BCUT2D eigenvalue weighted by Gasteiger charge is 2.35. The summed E-state index contributed by atoms with van der Waals surface area (Å²) < 4.78 is 6.00. The highest BCUT2D eigenvalue weighted by atomic mass is 16.6. The average molecular weight is 235 g/mol. The predicted molar refractivity (Wildman–Crippen MR) is 65.4 cm³/mol. The molecule has 1 aromatic rings. The number of nitro groups is 1. The van der Waals surface area contributed by atoms with Gasteiger partial charge >= 0.3 is 0 Å². The van der Waals surface area contributed by atoms with Crippen molar-refractivity contribution in [1.82, 2.24) is 0 Å². The Labute approximate surface area is 101 Å². The van der Waals surface area contributed by atoms with Crippen molar-refractivity contribution in [2.24, 2.45) is 0 Å². The quantitative estimate of drug-likeness (QED) is 0.595. The van der Waals surface area contributed by atoms with E-state index in [2.05, 4.69) is 13.8 Å². The molecule has 0 unspecified atom stereocenters. The van der Waals surface area contributed by atoms with E-state index in [0.29, 0.717) is 5.75 Å². The lowest BCUT2D eigenvalue weighted by Crippen LogP contribution is -2.38. The molecule has 0 fully saturated rings. The van der Waals surface area contributed by atoms with Gasteiger partial charge in [0.05, 0.1) is 10.5 Å². The van der Waals surface area contributed by atoms with Crippen molar-refractivity contribution < 1.29 is 9.66 Å². The van der Waals surface area contributed by atoms with Crippen LogP contribution in [0.4, 0.5) is 5.69 Å². The van der Waals surface area contributed by atoms with E-state index in [1.54, 1.807) is 12.1 Å². The van der Waals surface area contributed by atoms with E-state index in [1.807, 2.05) is 6.07 Å². The number of ether oxygens (including phenoxy) is 1. The smallest absolute Gasteiger partial charge is 0.276 e. The minimum Gasteiger partial charge on any atom is -0.487 e. The topological polar surface area (TPSA) is 52.4 Å². The molecule has 17 heavy (non-hydrogen) atoms. The largest absolute Gasteiger partial charge is 0.487 e. The van der Waals surface area contributed by atoms with Crippen molar-refractivity contribution >= 4 is 5.69 Å². The molecule has 1 heterocycles. The molecule has 1 aliphatic heterocycles. The molecule has 0 aliphatic carbocycles. The summed E-state index contributed by atoms with van der Waals surface area (Å²) >= 11 is 0. The lowest BCUT2D eigenvalue weighted by Gasteiger charge is -2.37. The van der Waals surface area contributed by atoms with Crippen molar-refractivity contribution in [2.75, 3.05) is 0 Å². The number of benzene rings is 1. The maximum atomic E-state index is 10.9. The standard InChI is InChI=1S/C13H17NO3/c1-3-13(4-2)9-8-10-11(14(15)16)6-5-7-12(10)17-13/h5-7H,3-4,8-9H2,1-2H3. The summed E-state index contributed by atoms with van der Waals surface area (Å²) in [5.74, 6) is 0.689. The Kier molecular flexibility index (Phi) is 3.05. The molecule has 0 radical (unpaired) electrons. The van der Waals surface area contributed by atoms with Crippen LogP contribution in [-0.2, 0) is 6.42 Å². The number of nitrogens with zero attached hydrogens (tertiary/aromatic N) is 1. The van der Waals surface area contributed by atoms with Crippen LogP contribution in [-0.4, -0.2) is 10.5 Å². The third-order valence-electron chi connectivity index (χ3n) is 3.75. The summed E-state index contributed by atoms with van der Waals surface area (Å²) in [5, 5.41) is 10.9. The van der Waals surface area contributed by atoms with Crippen molar-refractivity contribution in [2.45, 2.75) is 45.1 Å². The first-order valence-electron chi connectivity index (χ1n) is 6.07. The van der Waals surface area contributed by atoms with Gasteiger partial charge in [-0.15, -0.1) is 0 Å². The molecule has 0 amide bonds. The zero-order valence-corrected chi connectivity index (χ0v) is 10.2. The predicted octanol–water partition coefficient (Wildman–Crippen LogP) is 3.48. The van der Waals surface area contributed by atoms with Crippen LogP contribution in [0.15, 0.2) is 18.2 Å². The van der Waals surface area contributed by atoms with E-state index >= 15 is 0 Å². The third-order valence-corrected chi connectivity index (χ3v) is 3.75. The molecule has 2 rings (SSSR count).